The van der Waals surface area contributed by atoms with E-state index in [2.05, 4.69) is 15.8 Å². The van der Waals surface area contributed by atoms with Gasteiger partial charge in [-0.3, -0.25) is 10.1 Å². The van der Waals surface area contributed by atoms with Crippen LogP contribution in [-0.4, -0.2) is 22.3 Å². The monoisotopic (exact) mass is 314 g/mol. The molecule has 0 aliphatic heterocycles. The topological polar surface area (TPSA) is 117 Å². The van der Waals surface area contributed by atoms with Gasteiger partial charge < -0.3 is 10.4 Å². The van der Waals surface area contributed by atoms with Gasteiger partial charge in [-0.15, -0.1) is 0 Å². The number of carbonyl (C=O) groups excluding carboxylic acids is 1. The van der Waals surface area contributed by atoms with E-state index < -0.39 is 11.0 Å². The largest absolute Gasteiger partial charge is 0.508 e. The van der Waals surface area contributed by atoms with Gasteiger partial charge in [0.15, 0.2) is 0 Å². The van der Waals surface area contributed by atoms with Crippen molar-refractivity contribution >= 4 is 23.6 Å². The number of para-hydroxylation sites is 1. The molecule has 0 aliphatic rings. The van der Waals surface area contributed by atoms with Crippen molar-refractivity contribution in [2.24, 2.45) is 5.10 Å². The third kappa shape index (κ3) is 4.27. The molecule has 0 radical (unpaired) electrons. The van der Waals surface area contributed by atoms with Gasteiger partial charge in [0.25, 0.3) is 5.69 Å². The quantitative estimate of drug-likeness (QED) is 0.457. The van der Waals surface area contributed by atoms with Crippen molar-refractivity contribution in [3.8, 4) is 5.75 Å². The average molecular weight is 314 g/mol. The predicted octanol–water partition coefficient (Wildman–Crippen LogP) is 2.76. The van der Waals surface area contributed by atoms with Gasteiger partial charge in [0.1, 0.15) is 5.75 Å². The Hall–Kier alpha value is -3.42. The van der Waals surface area contributed by atoms with Gasteiger partial charge in [-0.25, -0.2) is 10.2 Å². The second-order valence-electron chi connectivity index (χ2n) is 4.64. The van der Waals surface area contributed by atoms with Crippen LogP contribution in [0.4, 0.5) is 16.2 Å². The number of urea groups is 1. The van der Waals surface area contributed by atoms with Crippen LogP contribution in [0.25, 0.3) is 0 Å². The molecule has 118 valence electrons. The van der Waals surface area contributed by atoms with Gasteiger partial charge >= 0.3 is 6.03 Å². The van der Waals surface area contributed by atoms with Gasteiger partial charge in [0, 0.05) is 11.8 Å². The number of nitro groups is 1. The minimum Gasteiger partial charge on any atom is -0.508 e. The molecule has 0 fully saturated rings. The van der Waals surface area contributed by atoms with Crippen LogP contribution in [0.3, 0.4) is 0 Å². The molecule has 2 aromatic rings. The summed E-state index contributed by atoms with van der Waals surface area (Å²) in [5.74, 6) is -0.138. The first kappa shape index (κ1) is 16.0. The standard InChI is InChI=1S/C15H14N4O4/c1-10-4-2-3-5-13(10)17-15(21)18-16-9-11-8-12(20)6-7-14(11)19(22)23/h2-9,20H,1H3,(H2,17,18,21). The molecule has 0 aliphatic carbocycles. The Bertz CT molecular complexity index is 774. The molecule has 2 rings (SSSR count). The van der Waals surface area contributed by atoms with Gasteiger partial charge in [-0.05, 0) is 30.7 Å². The smallest absolute Gasteiger partial charge is 0.339 e. The number of hydrogen-bond acceptors (Lipinski definition) is 5. The van der Waals surface area contributed by atoms with E-state index in [1.165, 1.54) is 12.1 Å². The fourth-order valence-corrected chi connectivity index (χ4v) is 1.84. The number of nitro benzene ring substituents is 1. The highest BCUT2D eigenvalue weighted by molar-refractivity contribution is 5.92. The minimum absolute atomic E-state index is 0.0752. The van der Waals surface area contributed by atoms with E-state index in [-0.39, 0.29) is 17.0 Å². The number of nitrogens with zero attached hydrogens (tertiary/aromatic N) is 2. The molecule has 0 unspecified atom stereocenters. The Labute approximate surface area is 131 Å². The zero-order valence-corrected chi connectivity index (χ0v) is 12.2. The molecule has 3 N–H and O–H groups in total. The van der Waals surface area contributed by atoms with Crippen molar-refractivity contribution in [3.05, 3.63) is 63.7 Å². The van der Waals surface area contributed by atoms with E-state index in [0.29, 0.717) is 5.69 Å². The van der Waals surface area contributed by atoms with Gasteiger partial charge in [-0.2, -0.15) is 5.10 Å². The number of aryl methyl sites for hydroxylation is 1. The van der Waals surface area contributed by atoms with Crippen molar-refractivity contribution < 1.29 is 14.8 Å². The fraction of sp³-hybridized carbons (Fsp3) is 0.0667. The Balaban J connectivity index is 2.04. The van der Waals surface area contributed by atoms with Crippen molar-refractivity contribution in [2.75, 3.05) is 5.32 Å². The third-order valence-electron chi connectivity index (χ3n) is 2.97. The van der Waals surface area contributed by atoms with Crippen molar-refractivity contribution in [1.29, 1.82) is 0 Å². The van der Waals surface area contributed by atoms with Gasteiger partial charge in [0.05, 0.1) is 16.7 Å². The number of hydrazone groups is 1. The molecule has 0 saturated carbocycles. The van der Waals surface area contributed by atoms with Crippen LogP contribution in [0.2, 0.25) is 0 Å². The highest BCUT2D eigenvalue weighted by Gasteiger charge is 2.12. The van der Waals surface area contributed by atoms with Crippen LogP contribution in [0.15, 0.2) is 47.6 Å². The first-order valence-corrected chi connectivity index (χ1v) is 6.60. The molecule has 0 spiro atoms. The molecule has 0 bridgehead atoms. The van der Waals surface area contributed by atoms with E-state index in [9.17, 15) is 20.0 Å². The average Bonchev–Trinajstić information content (AvgIpc) is 2.49. The Morgan fingerprint density at radius 3 is 2.74 bits per heavy atom. The lowest BCUT2D eigenvalue weighted by atomic mass is 10.2. The maximum absolute atomic E-state index is 11.7. The summed E-state index contributed by atoms with van der Waals surface area (Å²) in [6.45, 7) is 1.84. The van der Waals surface area contributed by atoms with Gasteiger partial charge in [-0.1, -0.05) is 18.2 Å². The summed E-state index contributed by atoms with van der Waals surface area (Å²) in [4.78, 5) is 22.0. The highest BCUT2D eigenvalue weighted by Crippen LogP contribution is 2.21. The van der Waals surface area contributed by atoms with Crippen LogP contribution in [-0.2, 0) is 0 Å². The minimum atomic E-state index is -0.603. The normalized spacial score (nSPS) is 10.5. The molecule has 2 amide bonds. The van der Waals surface area contributed by atoms with Crippen LogP contribution >= 0.6 is 0 Å². The molecule has 0 atom stereocenters. The molecule has 23 heavy (non-hydrogen) atoms. The first-order chi connectivity index (χ1) is 11.0. The number of carbonyl (C=O) groups is 1. The third-order valence-corrected chi connectivity index (χ3v) is 2.97. The van der Waals surface area contributed by atoms with E-state index in [0.717, 1.165) is 17.8 Å². The number of anilines is 1. The second kappa shape index (κ2) is 7.03. The number of aromatic hydroxyl groups is 1. The number of hydrogen-bond donors (Lipinski definition) is 3. The van der Waals surface area contributed by atoms with E-state index in [4.69, 9.17) is 0 Å². The molecule has 0 aromatic heterocycles. The second-order valence-corrected chi connectivity index (χ2v) is 4.64. The van der Waals surface area contributed by atoms with Crippen molar-refractivity contribution in [2.45, 2.75) is 6.92 Å². The SMILES string of the molecule is Cc1ccccc1NC(=O)NN=Cc1cc(O)ccc1[N+](=O)[O-]. The summed E-state index contributed by atoms with van der Waals surface area (Å²) in [6, 6.07) is 10.2. The lowest BCUT2D eigenvalue weighted by Gasteiger charge is -2.06. The molecule has 0 heterocycles. The number of phenolic OH excluding ortho intramolecular Hbond substituents is 1. The van der Waals surface area contributed by atoms with E-state index >= 15 is 0 Å². The van der Waals surface area contributed by atoms with Crippen LogP contribution in [0.5, 0.6) is 5.75 Å². The Morgan fingerprint density at radius 1 is 1.30 bits per heavy atom. The first-order valence-electron chi connectivity index (χ1n) is 6.60. The summed E-state index contributed by atoms with van der Waals surface area (Å²) in [5.41, 5.74) is 3.57. The zero-order chi connectivity index (χ0) is 16.8. The number of benzene rings is 2. The molecule has 8 heteroatoms. The molecular formula is C15H14N4O4. The zero-order valence-electron chi connectivity index (χ0n) is 12.2. The summed E-state index contributed by atoms with van der Waals surface area (Å²) in [7, 11) is 0. The lowest BCUT2D eigenvalue weighted by Crippen LogP contribution is -2.24. The highest BCUT2D eigenvalue weighted by atomic mass is 16.6. The van der Waals surface area contributed by atoms with Crippen molar-refractivity contribution in [3.63, 3.8) is 0 Å². The maximum atomic E-state index is 11.7. The number of rotatable bonds is 4. The number of amides is 2. The van der Waals surface area contributed by atoms with Gasteiger partial charge in [0.2, 0.25) is 0 Å². The number of nitrogens with one attached hydrogen (secondary N) is 2. The lowest BCUT2D eigenvalue weighted by molar-refractivity contribution is -0.385. The summed E-state index contributed by atoms with van der Waals surface area (Å²) in [6.07, 6.45) is 1.09. The molecule has 2 aromatic carbocycles. The maximum Gasteiger partial charge on any atom is 0.339 e. The van der Waals surface area contributed by atoms with Crippen LogP contribution in [0.1, 0.15) is 11.1 Å². The van der Waals surface area contributed by atoms with Crippen LogP contribution in [0, 0.1) is 17.0 Å². The molecule has 8 nitrogen and oxygen atoms in total. The summed E-state index contributed by atoms with van der Waals surface area (Å²) >= 11 is 0. The Morgan fingerprint density at radius 2 is 2.04 bits per heavy atom. The summed E-state index contributed by atoms with van der Waals surface area (Å²) in [5, 5.41) is 26.5. The summed E-state index contributed by atoms with van der Waals surface area (Å²) < 4.78 is 0. The molecule has 0 saturated heterocycles. The predicted molar refractivity (Wildman–Crippen MR) is 85.7 cm³/mol. The molecular weight excluding hydrogens is 300 g/mol. The Kier molecular flexibility index (Phi) is 4.88. The van der Waals surface area contributed by atoms with Crippen LogP contribution < -0.4 is 10.7 Å². The van der Waals surface area contributed by atoms with Crippen molar-refractivity contribution in [1.82, 2.24) is 5.43 Å². The number of phenols is 1. The van der Waals surface area contributed by atoms with E-state index in [1.54, 1.807) is 12.1 Å². The van der Waals surface area contributed by atoms with E-state index in [1.807, 2.05) is 19.1 Å². The fourth-order valence-electron chi connectivity index (χ4n) is 1.84.